The first kappa shape index (κ1) is 15.5. The molecule has 0 aliphatic carbocycles. The monoisotopic (exact) mass is 338 g/mol. The Morgan fingerprint density at radius 2 is 1.48 bits per heavy atom. The maximum absolute atomic E-state index is 5.76. The molecule has 2 heterocycles. The molecule has 0 aromatic heterocycles. The molecular weight excluding hydrogens is 320 g/mol. The van der Waals surface area contributed by atoms with Crippen LogP contribution in [0.5, 0.6) is 11.5 Å². The van der Waals surface area contributed by atoms with Gasteiger partial charge in [-0.05, 0) is 54.1 Å². The second kappa shape index (κ2) is 6.12. The zero-order valence-electron chi connectivity index (χ0n) is 14.1. The summed E-state index contributed by atoms with van der Waals surface area (Å²) in [4.78, 5) is 10.3. The van der Waals surface area contributed by atoms with Crippen molar-refractivity contribution in [3.8, 4) is 11.5 Å². The highest BCUT2D eigenvalue weighted by molar-refractivity contribution is 6.02. The highest BCUT2D eigenvalue weighted by Gasteiger charge is 2.45. The Kier molecular flexibility index (Phi) is 3.80. The summed E-state index contributed by atoms with van der Waals surface area (Å²) in [7, 11) is 3.28. The van der Waals surface area contributed by atoms with Gasteiger partial charge in [0.25, 0.3) is 5.72 Å². The number of hydrogen-bond donors (Lipinski definition) is 0. The first-order valence-corrected chi connectivity index (χ1v) is 7.98. The van der Waals surface area contributed by atoms with Gasteiger partial charge in [-0.1, -0.05) is 5.16 Å². The van der Waals surface area contributed by atoms with Crippen LogP contribution in [0.15, 0.2) is 58.7 Å². The third kappa shape index (κ3) is 2.91. The molecule has 6 nitrogen and oxygen atoms in total. The molecule has 0 saturated carbocycles. The minimum absolute atomic E-state index is 0.345. The molecule has 1 atom stereocenters. The number of benzene rings is 2. The fraction of sp³-hybridized carbons (Fsp3) is 0.263. The normalized spacial score (nSPS) is 21.4. The van der Waals surface area contributed by atoms with E-state index in [0.29, 0.717) is 18.9 Å². The lowest BCUT2D eigenvalue weighted by atomic mass is 10.0. The summed E-state index contributed by atoms with van der Waals surface area (Å²) < 4.78 is 16.1. The van der Waals surface area contributed by atoms with Crippen molar-refractivity contribution < 1.29 is 19.0 Å². The predicted molar refractivity (Wildman–Crippen MR) is 93.4 cm³/mol. The number of methoxy groups -OCH3 is 2. The molecule has 0 fully saturated rings. The minimum Gasteiger partial charge on any atom is -0.497 e. The number of nitrogens with zero attached hydrogens (tertiary/aromatic N) is 2. The van der Waals surface area contributed by atoms with Gasteiger partial charge in [0, 0.05) is 5.56 Å². The van der Waals surface area contributed by atoms with E-state index in [0.717, 1.165) is 28.3 Å². The van der Waals surface area contributed by atoms with Crippen LogP contribution in [0.1, 0.15) is 17.5 Å². The predicted octanol–water partition coefficient (Wildman–Crippen LogP) is 3.00. The van der Waals surface area contributed by atoms with Crippen LogP contribution in [0.3, 0.4) is 0 Å². The molecule has 0 saturated heterocycles. The largest absolute Gasteiger partial charge is 0.497 e. The maximum atomic E-state index is 5.76. The van der Waals surface area contributed by atoms with E-state index in [2.05, 4.69) is 10.1 Å². The SMILES string of the molecule is COc1ccc(C2=NOC3(COC(c4ccc(OC)cc4)=N3)C2)cc1. The van der Waals surface area contributed by atoms with Crippen molar-refractivity contribution in [2.45, 2.75) is 12.1 Å². The van der Waals surface area contributed by atoms with Gasteiger partial charge in [0.1, 0.15) is 11.5 Å². The Morgan fingerprint density at radius 1 is 0.880 bits per heavy atom. The van der Waals surface area contributed by atoms with E-state index in [-0.39, 0.29) is 0 Å². The summed E-state index contributed by atoms with van der Waals surface area (Å²) >= 11 is 0. The second-order valence-electron chi connectivity index (χ2n) is 5.91. The standard InChI is InChI=1S/C19H18N2O4/c1-22-15-7-3-13(4-8-15)17-11-19(25-21-17)12-24-18(20-19)14-5-9-16(23-2)10-6-14/h3-10H,11-12H2,1-2H3. The molecule has 0 bridgehead atoms. The molecule has 0 radical (unpaired) electrons. The molecule has 128 valence electrons. The Morgan fingerprint density at radius 3 is 2.08 bits per heavy atom. The molecule has 2 aromatic carbocycles. The first-order valence-electron chi connectivity index (χ1n) is 7.98. The van der Waals surface area contributed by atoms with E-state index in [1.807, 2.05) is 48.5 Å². The van der Waals surface area contributed by atoms with Crippen molar-refractivity contribution in [1.29, 1.82) is 0 Å². The van der Waals surface area contributed by atoms with Gasteiger partial charge in [-0.2, -0.15) is 4.99 Å². The van der Waals surface area contributed by atoms with E-state index in [4.69, 9.17) is 19.0 Å². The Balaban J connectivity index is 1.51. The number of ether oxygens (including phenoxy) is 3. The summed E-state index contributed by atoms with van der Waals surface area (Å²) in [5.74, 6) is 2.16. The van der Waals surface area contributed by atoms with Gasteiger partial charge in [0.05, 0.1) is 26.4 Å². The second-order valence-corrected chi connectivity index (χ2v) is 5.91. The van der Waals surface area contributed by atoms with Crippen molar-refractivity contribution in [1.82, 2.24) is 0 Å². The van der Waals surface area contributed by atoms with Gasteiger partial charge in [0.2, 0.25) is 5.90 Å². The quantitative estimate of drug-likeness (QED) is 0.860. The van der Waals surface area contributed by atoms with Crippen LogP contribution in [-0.2, 0) is 9.57 Å². The van der Waals surface area contributed by atoms with Gasteiger partial charge in [-0.25, -0.2) is 0 Å². The molecule has 25 heavy (non-hydrogen) atoms. The lowest BCUT2D eigenvalue weighted by Crippen LogP contribution is -2.28. The molecule has 1 spiro atoms. The van der Waals surface area contributed by atoms with E-state index in [1.54, 1.807) is 14.2 Å². The van der Waals surface area contributed by atoms with Crippen LogP contribution in [0.4, 0.5) is 0 Å². The van der Waals surface area contributed by atoms with Crippen molar-refractivity contribution in [2.75, 3.05) is 20.8 Å². The van der Waals surface area contributed by atoms with Crippen molar-refractivity contribution in [3.63, 3.8) is 0 Å². The van der Waals surface area contributed by atoms with Crippen LogP contribution < -0.4 is 9.47 Å². The number of oxime groups is 1. The van der Waals surface area contributed by atoms with Crippen molar-refractivity contribution in [2.24, 2.45) is 10.1 Å². The molecule has 2 aliphatic heterocycles. The summed E-state index contributed by atoms with van der Waals surface area (Å²) in [5, 5.41) is 4.22. The molecule has 1 unspecified atom stereocenters. The summed E-state index contributed by atoms with van der Waals surface area (Å²) in [5.41, 5.74) is 1.96. The lowest BCUT2D eigenvalue weighted by Gasteiger charge is -2.13. The van der Waals surface area contributed by atoms with Gasteiger partial charge < -0.3 is 19.0 Å². The van der Waals surface area contributed by atoms with Crippen LogP contribution >= 0.6 is 0 Å². The highest BCUT2D eigenvalue weighted by atomic mass is 16.7. The molecule has 6 heteroatoms. The summed E-state index contributed by atoms with van der Waals surface area (Å²) in [6.07, 6.45) is 0.568. The topological polar surface area (TPSA) is 61.6 Å². The molecular formula is C19H18N2O4. The number of hydrogen-bond acceptors (Lipinski definition) is 6. The Bertz CT molecular complexity index is 828. The average molecular weight is 338 g/mol. The van der Waals surface area contributed by atoms with E-state index in [1.165, 1.54) is 0 Å². The van der Waals surface area contributed by atoms with Crippen LogP contribution in [0, 0.1) is 0 Å². The zero-order valence-corrected chi connectivity index (χ0v) is 14.1. The fourth-order valence-corrected chi connectivity index (χ4v) is 2.85. The molecule has 0 N–H and O–H groups in total. The third-order valence-electron chi connectivity index (χ3n) is 4.27. The molecule has 4 rings (SSSR count). The van der Waals surface area contributed by atoms with Crippen LogP contribution in [0.25, 0.3) is 0 Å². The van der Waals surface area contributed by atoms with E-state index in [9.17, 15) is 0 Å². The molecule has 2 aliphatic rings. The van der Waals surface area contributed by atoms with Gasteiger partial charge >= 0.3 is 0 Å². The third-order valence-corrected chi connectivity index (χ3v) is 4.27. The molecule has 0 amide bonds. The van der Waals surface area contributed by atoms with Crippen molar-refractivity contribution in [3.05, 3.63) is 59.7 Å². The van der Waals surface area contributed by atoms with Gasteiger partial charge in [-0.3, -0.25) is 0 Å². The van der Waals surface area contributed by atoms with Crippen LogP contribution in [0.2, 0.25) is 0 Å². The zero-order chi connectivity index (χ0) is 17.3. The van der Waals surface area contributed by atoms with E-state index < -0.39 is 5.72 Å². The smallest absolute Gasteiger partial charge is 0.269 e. The number of aliphatic imine (C=N–C) groups is 1. The van der Waals surface area contributed by atoms with Crippen molar-refractivity contribution >= 4 is 11.6 Å². The summed E-state index contributed by atoms with van der Waals surface area (Å²) in [6, 6.07) is 15.3. The molecule has 2 aromatic rings. The van der Waals surface area contributed by atoms with Gasteiger partial charge in [-0.15, -0.1) is 0 Å². The fourth-order valence-electron chi connectivity index (χ4n) is 2.85. The van der Waals surface area contributed by atoms with E-state index >= 15 is 0 Å². The van der Waals surface area contributed by atoms with Gasteiger partial charge in [0.15, 0.2) is 6.61 Å². The maximum Gasteiger partial charge on any atom is 0.269 e. The van der Waals surface area contributed by atoms with Crippen LogP contribution in [-0.4, -0.2) is 38.2 Å². The average Bonchev–Trinajstić information content (AvgIpc) is 3.29. The Labute approximate surface area is 145 Å². The number of rotatable bonds is 4. The summed E-state index contributed by atoms with van der Waals surface area (Å²) in [6.45, 7) is 0.345. The Hall–Kier alpha value is -3.02. The minimum atomic E-state index is -0.773. The lowest BCUT2D eigenvalue weighted by molar-refractivity contribution is -0.0277. The first-order chi connectivity index (χ1) is 12.2. The highest BCUT2D eigenvalue weighted by Crippen LogP contribution is 2.34.